The number of nitrogens with one attached hydrogen (secondary N) is 2. The van der Waals surface area contributed by atoms with Gasteiger partial charge >= 0.3 is 0 Å². The van der Waals surface area contributed by atoms with Crippen molar-refractivity contribution >= 4 is 33.3 Å². The summed E-state index contributed by atoms with van der Waals surface area (Å²) in [6, 6.07) is 9.43. The standard InChI is InChI=1S/C15H17BrN4O/c1-9(2)17-15(21)13-6-7-14(20-19-13)18-12-5-4-10(3)8-11(12)16/h4-9H,1-3H3,(H,17,21)(H,18,20). The van der Waals surface area contributed by atoms with Crippen LogP contribution in [-0.4, -0.2) is 22.1 Å². The first-order valence-corrected chi connectivity index (χ1v) is 7.43. The second kappa shape index (κ2) is 6.67. The number of amides is 1. The Bertz CT molecular complexity index is 641. The molecule has 0 saturated carbocycles. The number of hydrogen-bond donors (Lipinski definition) is 2. The van der Waals surface area contributed by atoms with Crippen molar-refractivity contribution in [1.82, 2.24) is 15.5 Å². The molecule has 2 rings (SSSR count). The molecular formula is C15H17BrN4O. The predicted octanol–water partition coefficient (Wildman–Crippen LogP) is 3.43. The van der Waals surface area contributed by atoms with E-state index in [9.17, 15) is 4.79 Å². The van der Waals surface area contributed by atoms with Crippen molar-refractivity contribution in [3.63, 3.8) is 0 Å². The molecule has 0 aliphatic heterocycles. The number of rotatable bonds is 4. The number of anilines is 2. The lowest BCUT2D eigenvalue weighted by Crippen LogP contribution is -2.30. The van der Waals surface area contributed by atoms with Crippen LogP contribution in [0.15, 0.2) is 34.8 Å². The van der Waals surface area contributed by atoms with Crippen LogP contribution in [0.2, 0.25) is 0 Å². The quantitative estimate of drug-likeness (QED) is 0.888. The van der Waals surface area contributed by atoms with Crippen molar-refractivity contribution in [2.75, 3.05) is 5.32 Å². The largest absolute Gasteiger partial charge is 0.348 e. The highest BCUT2D eigenvalue weighted by molar-refractivity contribution is 9.10. The monoisotopic (exact) mass is 348 g/mol. The Hall–Kier alpha value is -1.95. The molecule has 2 N–H and O–H groups in total. The molecule has 1 aromatic carbocycles. The second-order valence-corrected chi connectivity index (χ2v) is 5.89. The highest BCUT2D eigenvalue weighted by atomic mass is 79.9. The summed E-state index contributed by atoms with van der Waals surface area (Å²) in [4.78, 5) is 11.8. The Balaban J connectivity index is 2.10. The normalized spacial score (nSPS) is 10.5. The van der Waals surface area contributed by atoms with E-state index in [1.807, 2.05) is 39.0 Å². The third-order valence-corrected chi connectivity index (χ3v) is 3.36. The molecule has 1 heterocycles. The van der Waals surface area contributed by atoms with Crippen LogP contribution in [0.3, 0.4) is 0 Å². The zero-order valence-corrected chi connectivity index (χ0v) is 13.7. The van der Waals surface area contributed by atoms with Crippen molar-refractivity contribution in [2.45, 2.75) is 26.8 Å². The van der Waals surface area contributed by atoms with Gasteiger partial charge in [0.05, 0.1) is 5.69 Å². The molecule has 0 saturated heterocycles. The Kier molecular flexibility index (Phi) is 4.90. The van der Waals surface area contributed by atoms with Gasteiger partial charge in [0.1, 0.15) is 0 Å². The summed E-state index contributed by atoms with van der Waals surface area (Å²) in [6.45, 7) is 5.82. The van der Waals surface area contributed by atoms with Crippen LogP contribution in [0.1, 0.15) is 29.9 Å². The molecule has 0 aliphatic rings. The Labute approximate surface area is 132 Å². The highest BCUT2D eigenvalue weighted by Crippen LogP contribution is 2.25. The molecule has 0 bridgehead atoms. The molecule has 1 amide bonds. The summed E-state index contributed by atoms with van der Waals surface area (Å²) in [6.07, 6.45) is 0. The topological polar surface area (TPSA) is 66.9 Å². The molecule has 0 aliphatic carbocycles. The van der Waals surface area contributed by atoms with Crippen molar-refractivity contribution in [3.8, 4) is 0 Å². The minimum absolute atomic E-state index is 0.0700. The molecule has 6 heteroatoms. The zero-order valence-electron chi connectivity index (χ0n) is 12.1. The number of nitrogens with zero attached hydrogens (tertiary/aromatic N) is 2. The molecule has 110 valence electrons. The van der Waals surface area contributed by atoms with Gasteiger partial charge in [0.2, 0.25) is 0 Å². The number of benzene rings is 1. The van der Waals surface area contributed by atoms with Gasteiger partial charge < -0.3 is 10.6 Å². The molecule has 5 nitrogen and oxygen atoms in total. The highest BCUT2D eigenvalue weighted by Gasteiger charge is 2.09. The maximum Gasteiger partial charge on any atom is 0.271 e. The lowest BCUT2D eigenvalue weighted by atomic mass is 10.2. The number of aromatic nitrogens is 2. The molecule has 0 radical (unpaired) electrons. The van der Waals surface area contributed by atoms with E-state index in [1.54, 1.807) is 12.1 Å². The smallest absolute Gasteiger partial charge is 0.271 e. The van der Waals surface area contributed by atoms with Crippen LogP contribution in [-0.2, 0) is 0 Å². The number of hydrogen-bond acceptors (Lipinski definition) is 4. The summed E-state index contributed by atoms with van der Waals surface area (Å²) in [5, 5.41) is 13.9. The van der Waals surface area contributed by atoms with E-state index in [0.29, 0.717) is 11.5 Å². The third-order valence-electron chi connectivity index (χ3n) is 2.70. The second-order valence-electron chi connectivity index (χ2n) is 5.04. The average Bonchev–Trinajstić information content (AvgIpc) is 2.42. The Morgan fingerprint density at radius 2 is 1.95 bits per heavy atom. The van der Waals surface area contributed by atoms with Gasteiger partial charge in [0.15, 0.2) is 11.5 Å². The molecule has 1 aromatic heterocycles. The van der Waals surface area contributed by atoms with Crippen molar-refractivity contribution < 1.29 is 4.79 Å². The van der Waals surface area contributed by atoms with Crippen LogP contribution in [0.5, 0.6) is 0 Å². The molecule has 0 spiro atoms. The molecular weight excluding hydrogens is 332 g/mol. The van der Waals surface area contributed by atoms with Crippen molar-refractivity contribution in [1.29, 1.82) is 0 Å². The van der Waals surface area contributed by atoms with Gasteiger partial charge in [-0.2, -0.15) is 0 Å². The van der Waals surface area contributed by atoms with Gasteiger partial charge in [-0.25, -0.2) is 0 Å². The predicted molar refractivity (Wildman–Crippen MR) is 86.8 cm³/mol. The molecule has 0 atom stereocenters. The Morgan fingerprint density at radius 3 is 2.52 bits per heavy atom. The maximum atomic E-state index is 11.8. The zero-order chi connectivity index (χ0) is 15.4. The van der Waals surface area contributed by atoms with Gasteiger partial charge in [-0.15, -0.1) is 10.2 Å². The minimum atomic E-state index is -0.222. The summed E-state index contributed by atoms with van der Waals surface area (Å²) in [5.41, 5.74) is 2.37. The van der Waals surface area contributed by atoms with E-state index in [2.05, 4.69) is 36.8 Å². The average molecular weight is 349 g/mol. The number of carbonyl (C=O) groups excluding carboxylic acids is 1. The first-order chi connectivity index (χ1) is 9.95. The Morgan fingerprint density at radius 1 is 1.19 bits per heavy atom. The molecule has 21 heavy (non-hydrogen) atoms. The first kappa shape index (κ1) is 15.4. The van der Waals surface area contributed by atoms with Crippen LogP contribution >= 0.6 is 15.9 Å². The minimum Gasteiger partial charge on any atom is -0.348 e. The van der Waals surface area contributed by atoms with Crippen LogP contribution < -0.4 is 10.6 Å². The van der Waals surface area contributed by atoms with Crippen LogP contribution in [0, 0.1) is 6.92 Å². The third kappa shape index (κ3) is 4.26. The molecule has 0 fully saturated rings. The number of halogens is 1. The van der Waals surface area contributed by atoms with E-state index >= 15 is 0 Å². The first-order valence-electron chi connectivity index (χ1n) is 6.63. The van der Waals surface area contributed by atoms with Crippen LogP contribution in [0.4, 0.5) is 11.5 Å². The summed E-state index contributed by atoms with van der Waals surface area (Å²) in [5.74, 6) is 0.362. The van der Waals surface area contributed by atoms with Gasteiger partial charge in [-0.3, -0.25) is 4.79 Å². The van der Waals surface area contributed by atoms with Crippen LogP contribution in [0.25, 0.3) is 0 Å². The lowest BCUT2D eigenvalue weighted by molar-refractivity contribution is 0.0937. The van der Waals surface area contributed by atoms with E-state index < -0.39 is 0 Å². The number of carbonyl (C=O) groups is 1. The molecule has 2 aromatic rings. The van der Waals surface area contributed by atoms with Gasteiger partial charge in [-0.05, 0) is 66.5 Å². The molecule has 0 unspecified atom stereocenters. The number of aryl methyl sites for hydroxylation is 1. The summed E-state index contributed by atoms with van der Waals surface area (Å²) < 4.78 is 0.950. The van der Waals surface area contributed by atoms with Gasteiger partial charge in [-0.1, -0.05) is 6.07 Å². The van der Waals surface area contributed by atoms with E-state index in [0.717, 1.165) is 10.2 Å². The fourth-order valence-corrected chi connectivity index (χ4v) is 2.31. The van der Waals surface area contributed by atoms with Gasteiger partial charge in [0, 0.05) is 10.5 Å². The lowest BCUT2D eigenvalue weighted by Gasteiger charge is -2.09. The maximum absolute atomic E-state index is 11.8. The summed E-state index contributed by atoms with van der Waals surface area (Å²) >= 11 is 3.49. The van der Waals surface area contributed by atoms with E-state index in [-0.39, 0.29) is 11.9 Å². The van der Waals surface area contributed by atoms with E-state index in [1.165, 1.54) is 5.56 Å². The van der Waals surface area contributed by atoms with Crippen molar-refractivity contribution in [3.05, 3.63) is 46.1 Å². The SMILES string of the molecule is Cc1ccc(Nc2ccc(C(=O)NC(C)C)nn2)c(Br)c1. The van der Waals surface area contributed by atoms with Gasteiger partial charge in [0.25, 0.3) is 5.91 Å². The fourth-order valence-electron chi connectivity index (χ4n) is 1.72. The summed E-state index contributed by atoms with van der Waals surface area (Å²) in [7, 11) is 0. The fraction of sp³-hybridized carbons (Fsp3) is 0.267. The van der Waals surface area contributed by atoms with E-state index in [4.69, 9.17) is 0 Å². The van der Waals surface area contributed by atoms with Crippen molar-refractivity contribution in [2.24, 2.45) is 0 Å².